The van der Waals surface area contributed by atoms with Crippen LogP contribution in [0, 0.1) is 0 Å². The molecule has 0 aliphatic rings. The van der Waals surface area contributed by atoms with Gasteiger partial charge in [-0.3, -0.25) is 9.59 Å². The first-order valence-corrected chi connectivity index (χ1v) is 3.30. The summed E-state index contributed by atoms with van der Waals surface area (Å²) in [5.74, 6) is -2.34. The Morgan fingerprint density at radius 3 is 1.54 bits per heavy atom. The predicted octanol–water partition coefficient (Wildman–Crippen LogP) is 0.428. The third-order valence-corrected chi connectivity index (χ3v) is 1.56. The van der Waals surface area contributed by atoms with Crippen molar-refractivity contribution in [3.05, 3.63) is 17.2 Å². The summed E-state index contributed by atoms with van der Waals surface area (Å²) in [5, 5.41) is 27.1. The van der Waals surface area contributed by atoms with Crippen molar-refractivity contribution in [3.63, 3.8) is 0 Å². The zero-order valence-corrected chi connectivity index (χ0v) is 6.39. The Kier molecular flexibility index (Phi) is 2.19. The van der Waals surface area contributed by atoms with Crippen molar-refractivity contribution in [1.82, 2.24) is 0 Å². The van der Waals surface area contributed by atoms with Crippen LogP contribution in [0.25, 0.3) is 0 Å². The van der Waals surface area contributed by atoms with Gasteiger partial charge in [-0.25, -0.2) is 0 Å². The number of carbonyl (C=O) groups is 2. The number of hydrogen-bond donors (Lipinski definition) is 3. The fourth-order valence-electron chi connectivity index (χ4n) is 0.870. The SMILES string of the molecule is O=Cc1cc(C=O)c(O)c(O)c1O. The zero-order chi connectivity index (χ0) is 10.0. The van der Waals surface area contributed by atoms with Crippen molar-refractivity contribution in [3.8, 4) is 17.2 Å². The van der Waals surface area contributed by atoms with Crippen LogP contribution in [0.4, 0.5) is 0 Å². The molecule has 0 aliphatic heterocycles. The van der Waals surface area contributed by atoms with Gasteiger partial charge in [0.2, 0.25) is 5.75 Å². The van der Waals surface area contributed by atoms with Gasteiger partial charge >= 0.3 is 0 Å². The van der Waals surface area contributed by atoms with Crippen molar-refractivity contribution >= 4 is 12.6 Å². The summed E-state index contributed by atoms with van der Waals surface area (Å²) in [7, 11) is 0. The summed E-state index contributed by atoms with van der Waals surface area (Å²) in [6.07, 6.45) is 0.531. The van der Waals surface area contributed by atoms with E-state index < -0.39 is 17.2 Å². The Balaban J connectivity index is 3.53. The normalized spacial score (nSPS) is 9.54. The highest BCUT2D eigenvalue weighted by Crippen LogP contribution is 2.38. The van der Waals surface area contributed by atoms with Gasteiger partial charge in [0.05, 0.1) is 11.1 Å². The molecule has 68 valence electrons. The molecule has 0 saturated heterocycles. The molecule has 0 spiro atoms. The third-order valence-electron chi connectivity index (χ3n) is 1.56. The fourth-order valence-corrected chi connectivity index (χ4v) is 0.870. The van der Waals surface area contributed by atoms with Crippen LogP contribution in [0.2, 0.25) is 0 Å². The van der Waals surface area contributed by atoms with Gasteiger partial charge in [-0.1, -0.05) is 0 Å². The molecule has 0 atom stereocenters. The molecular weight excluding hydrogens is 176 g/mol. The van der Waals surface area contributed by atoms with Crippen LogP contribution in [0.5, 0.6) is 17.2 Å². The van der Waals surface area contributed by atoms with Gasteiger partial charge in [-0.15, -0.1) is 0 Å². The van der Waals surface area contributed by atoms with Gasteiger partial charge in [-0.2, -0.15) is 0 Å². The maximum atomic E-state index is 10.3. The minimum absolute atomic E-state index is 0.252. The number of carbonyl (C=O) groups excluding carboxylic acids is 2. The first-order valence-electron chi connectivity index (χ1n) is 3.30. The molecular formula is C8H6O5. The molecule has 1 rings (SSSR count). The highest BCUT2D eigenvalue weighted by Gasteiger charge is 2.15. The Morgan fingerprint density at radius 1 is 0.846 bits per heavy atom. The summed E-state index contributed by atoms with van der Waals surface area (Å²) in [4.78, 5) is 20.6. The van der Waals surface area contributed by atoms with Gasteiger partial charge in [0, 0.05) is 0 Å². The van der Waals surface area contributed by atoms with Crippen molar-refractivity contribution < 1.29 is 24.9 Å². The van der Waals surface area contributed by atoms with Crippen LogP contribution in [0.3, 0.4) is 0 Å². The first kappa shape index (κ1) is 9.05. The molecule has 0 radical (unpaired) electrons. The van der Waals surface area contributed by atoms with Crippen LogP contribution in [-0.2, 0) is 0 Å². The van der Waals surface area contributed by atoms with E-state index in [1.807, 2.05) is 0 Å². The van der Waals surface area contributed by atoms with Gasteiger partial charge in [-0.05, 0) is 6.07 Å². The van der Waals surface area contributed by atoms with Crippen molar-refractivity contribution in [2.45, 2.75) is 0 Å². The average molecular weight is 182 g/mol. The lowest BCUT2D eigenvalue weighted by Gasteiger charge is -2.04. The lowest BCUT2D eigenvalue weighted by molar-refractivity contribution is 0.111. The van der Waals surface area contributed by atoms with Crippen LogP contribution < -0.4 is 0 Å². The molecule has 0 heterocycles. The van der Waals surface area contributed by atoms with Gasteiger partial charge < -0.3 is 15.3 Å². The molecule has 0 aliphatic carbocycles. The number of aldehydes is 2. The second-order valence-electron chi connectivity index (χ2n) is 2.34. The molecule has 5 nitrogen and oxygen atoms in total. The Labute approximate surface area is 72.9 Å². The standard InChI is InChI=1S/C8H6O5/c9-2-4-1-5(3-10)7(12)8(13)6(4)11/h1-3,11-13H. The molecule has 0 bridgehead atoms. The van der Waals surface area contributed by atoms with E-state index in [9.17, 15) is 9.59 Å². The average Bonchev–Trinajstić information content (AvgIpc) is 2.15. The van der Waals surface area contributed by atoms with Gasteiger partial charge in [0.1, 0.15) is 0 Å². The van der Waals surface area contributed by atoms with Crippen LogP contribution >= 0.6 is 0 Å². The van der Waals surface area contributed by atoms with E-state index in [2.05, 4.69) is 0 Å². The van der Waals surface area contributed by atoms with Gasteiger partial charge in [0.25, 0.3) is 0 Å². The molecule has 1 aromatic carbocycles. The van der Waals surface area contributed by atoms with E-state index in [1.165, 1.54) is 0 Å². The molecule has 3 N–H and O–H groups in total. The topological polar surface area (TPSA) is 94.8 Å². The molecule has 0 fully saturated rings. The van der Waals surface area contributed by atoms with Crippen LogP contribution in [0.15, 0.2) is 6.07 Å². The van der Waals surface area contributed by atoms with Crippen molar-refractivity contribution in [1.29, 1.82) is 0 Å². The summed E-state index contributed by atoms with van der Waals surface area (Å²) >= 11 is 0. The molecule has 13 heavy (non-hydrogen) atoms. The van der Waals surface area contributed by atoms with Crippen LogP contribution in [0.1, 0.15) is 20.7 Å². The van der Waals surface area contributed by atoms with Crippen molar-refractivity contribution in [2.24, 2.45) is 0 Å². The Hall–Kier alpha value is -2.04. The van der Waals surface area contributed by atoms with Gasteiger partial charge in [0.15, 0.2) is 24.1 Å². The Bertz CT molecular complexity index is 337. The maximum Gasteiger partial charge on any atom is 0.201 e. The smallest absolute Gasteiger partial charge is 0.201 e. The van der Waals surface area contributed by atoms with Crippen molar-refractivity contribution in [2.75, 3.05) is 0 Å². The van der Waals surface area contributed by atoms with E-state index in [0.717, 1.165) is 6.07 Å². The summed E-state index contributed by atoms with van der Waals surface area (Å²) in [5.41, 5.74) is -0.505. The summed E-state index contributed by atoms with van der Waals surface area (Å²) < 4.78 is 0. The maximum absolute atomic E-state index is 10.3. The molecule has 0 aromatic heterocycles. The third kappa shape index (κ3) is 1.31. The monoisotopic (exact) mass is 182 g/mol. The highest BCUT2D eigenvalue weighted by atomic mass is 16.3. The lowest BCUT2D eigenvalue weighted by atomic mass is 10.1. The molecule has 0 amide bonds. The largest absolute Gasteiger partial charge is 0.504 e. The predicted molar refractivity (Wildman–Crippen MR) is 42.2 cm³/mol. The van der Waals surface area contributed by atoms with Crippen LogP contribution in [-0.4, -0.2) is 27.9 Å². The molecule has 0 saturated carbocycles. The number of aromatic hydroxyl groups is 3. The quantitative estimate of drug-likeness (QED) is 0.455. The number of phenolic OH excluding ortho intramolecular Hbond substituents is 3. The second-order valence-corrected chi connectivity index (χ2v) is 2.34. The van der Waals surface area contributed by atoms with E-state index in [0.29, 0.717) is 0 Å². The second kappa shape index (κ2) is 3.14. The number of hydrogen-bond acceptors (Lipinski definition) is 5. The number of benzene rings is 1. The first-order chi connectivity index (χ1) is 6.11. The molecule has 1 aromatic rings. The molecule has 0 unspecified atom stereocenters. The minimum Gasteiger partial charge on any atom is -0.504 e. The van der Waals surface area contributed by atoms with E-state index >= 15 is 0 Å². The van der Waals surface area contributed by atoms with E-state index in [-0.39, 0.29) is 23.7 Å². The zero-order valence-electron chi connectivity index (χ0n) is 6.39. The molecule has 5 heteroatoms. The van der Waals surface area contributed by atoms with E-state index in [1.54, 1.807) is 0 Å². The highest BCUT2D eigenvalue weighted by molar-refractivity contribution is 5.90. The lowest BCUT2D eigenvalue weighted by Crippen LogP contribution is -1.88. The number of phenols is 3. The minimum atomic E-state index is -0.869. The Morgan fingerprint density at radius 2 is 1.23 bits per heavy atom. The fraction of sp³-hybridized carbons (Fsp3) is 0. The van der Waals surface area contributed by atoms with E-state index in [4.69, 9.17) is 15.3 Å². The summed E-state index contributed by atoms with van der Waals surface area (Å²) in [6.45, 7) is 0. The summed E-state index contributed by atoms with van der Waals surface area (Å²) in [6, 6.07) is 0.977. The number of rotatable bonds is 2.